The van der Waals surface area contributed by atoms with Gasteiger partial charge >= 0.3 is 0 Å². The largest absolute Gasteiger partial charge is 0.350 e. The molecule has 4 nitrogen and oxygen atoms in total. The Morgan fingerprint density at radius 1 is 1.00 bits per heavy atom. The van der Waals surface area contributed by atoms with E-state index in [4.69, 9.17) is 34.8 Å². The number of nitrogens with one attached hydrogen (secondary N) is 1. The van der Waals surface area contributed by atoms with Crippen LogP contribution in [0, 0.1) is 0 Å². The van der Waals surface area contributed by atoms with Crippen molar-refractivity contribution in [3.8, 4) is 0 Å². The maximum atomic E-state index is 13.3. The van der Waals surface area contributed by atoms with E-state index >= 15 is 0 Å². The molecule has 2 amide bonds. The molecule has 0 fully saturated rings. The number of halogens is 3. The van der Waals surface area contributed by atoms with Crippen molar-refractivity contribution in [3.05, 3.63) is 68.7 Å². The molecule has 0 aliphatic carbocycles. The third-order valence-corrected chi connectivity index (χ3v) is 5.50. The topological polar surface area (TPSA) is 49.4 Å². The number of carbonyl (C=O) groups excluding carboxylic acids is 2. The lowest BCUT2D eigenvalue weighted by Crippen LogP contribution is -2.53. The second-order valence-electron chi connectivity index (χ2n) is 8.19. The first-order valence-electron chi connectivity index (χ1n) is 9.80. The minimum Gasteiger partial charge on any atom is -0.350 e. The molecule has 162 valence electrons. The zero-order valence-corrected chi connectivity index (χ0v) is 19.9. The van der Waals surface area contributed by atoms with Crippen LogP contribution in [0.1, 0.15) is 45.2 Å². The number of nitrogens with zero attached hydrogens (tertiary/aromatic N) is 1. The van der Waals surface area contributed by atoms with Crippen molar-refractivity contribution in [2.75, 3.05) is 0 Å². The monoisotopic (exact) mass is 468 g/mol. The van der Waals surface area contributed by atoms with Gasteiger partial charge in [-0.1, -0.05) is 66.0 Å². The highest BCUT2D eigenvalue weighted by Gasteiger charge is 2.31. The molecule has 0 unspecified atom stereocenters. The van der Waals surface area contributed by atoms with Crippen molar-refractivity contribution in [1.82, 2.24) is 10.2 Å². The highest BCUT2D eigenvalue weighted by Crippen LogP contribution is 2.24. The van der Waals surface area contributed by atoms with E-state index < -0.39 is 11.6 Å². The summed E-state index contributed by atoms with van der Waals surface area (Å²) in [5.41, 5.74) is 1.02. The van der Waals surface area contributed by atoms with E-state index in [9.17, 15) is 9.59 Å². The molecule has 0 heterocycles. The number of benzene rings is 2. The molecule has 30 heavy (non-hydrogen) atoms. The third kappa shape index (κ3) is 6.90. The summed E-state index contributed by atoms with van der Waals surface area (Å²) >= 11 is 18.6. The van der Waals surface area contributed by atoms with E-state index in [0.29, 0.717) is 27.1 Å². The van der Waals surface area contributed by atoms with Gasteiger partial charge in [0.05, 0.1) is 6.42 Å². The van der Waals surface area contributed by atoms with Crippen LogP contribution in [-0.2, 0) is 22.6 Å². The molecule has 2 aromatic carbocycles. The van der Waals surface area contributed by atoms with Crippen molar-refractivity contribution in [1.29, 1.82) is 0 Å². The Bertz CT molecular complexity index is 910. The van der Waals surface area contributed by atoms with Crippen LogP contribution in [0.5, 0.6) is 0 Å². The average Bonchev–Trinajstić information content (AvgIpc) is 2.63. The lowest BCUT2D eigenvalue weighted by atomic mass is 10.0. The predicted molar refractivity (Wildman–Crippen MR) is 124 cm³/mol. The minimum atomic E-state index is -0.640. The number of rotatable bonds is 7. The molecular weight excluding hydrogens is 443 g/mol. The highest BCUT2D eigenvalue weighted by atomic mass is 35.5. The fourth-order valence-corrected chi connectivity index (χ4v) is 3.78. The summed E-state index contributed by atoms with van der Waals surface area (Å²) in [6.45, 7) is 7.83. The molecule has 0 bridgehead atoms. The first kappa shape index (κ1) is 24.5. The van der Waals surface area contributed by atoms with E-state index in [1.54, 1.807) is 29.2 Å². The van der Waals surface area contributed by atoms with Crippen molar-refractivity contribution in [3.63, 3.8) is 0 Å². The lowest BCUT2D eigenvalue weighted by molar-refractivity contribution is -0.141. The van der Waals surface area contributed by atoms with E-state index in [2.05, 4.69) is 5.32 Å². The first-order valence-corrected chi connectivity index (χ1v) is 10.9. The molecule has 0 saturated carbocycles. The van der Waals surface area contributed by atoms with Gasteiger partial charge in [-0.05, 0) is 56.5 Å². The maximum Gasteiger partial charge on any atom is 0.243 e. The summed E-state index contributed by atoms with van der Waals surface area (Å²) in [7, 11) is 0. The summed E-state index contributed by atoms with van der Waals surface area (Å²) in [4.78, 5) is 27.9. The van der Waals surface area contributed by atoms with Gasteiger partial charge in [0.2, 0.25) is 11.8 Å². The van der Waals surface area contributed by atoms with Crippen molar-refractivity contribution >= 4 is 46.6 Å². The molecule has 1 N–H and O–H groups in total. The first-order chi connectivity index (χ1) is 14.0. The Balaban J connectivity index is 2.37. The highest BCUT2D eigenvalue weighted by molar-refractivity contribution is 6.35. The molecule has 1 atom stereocenters. The molecule has 2 rings (SSSR count). The Kier molecular flexibility index (Phi) is 8.60. The van der Waals surface area contributed by atoms with Gasteiger partial charge in [0.25, 0.3) is 0 Å². The normalized spacial score (nSPS) is 12.4. The van der Waals surface area contributed by atoms with Gasteiger partial charge in [0.15, 0.2) is 0 Å². The SMILES string of the molecule is CC[C@H](C(=O)NC(C)(C)C)N(Cc1ccccc1Cl)C(=O)Cc1ccc(Cl)cc1Cl. The van der Waals surface area contributed by atoms with Crippen LogP contribution in [-0.4, -0.2) is 28.3 Å². The van der Waals surface area contributed by atoms with Gasteiger partial charge < -0.3 is 10.2 Å². The Morgan fingerprint density at radius 3 is 2.23 bits per heavy atom. The van der Waals surface area contributed by atoms with Crippen LogP contribution in [0.15, 0.2) is 42.5 Å². The summed E-state index contributed by atoms with van der Waals surface area (Å²) in [5.74, 6) is -0.414. The molecular formula is C23H27Cl3N2O2. The Labute approximate surface area is 193 Å². The van der Waals surface area contributed by atoms with E-state index in [0.717, 1.165) is 5.56 Å². The van der Waals surface area contributed by atoms with Crippen molar-refractivity contribution in [2.45, 2.75) is 58.7 Å². The van der Waals surface area contributed by atoms with E-state index in [1.165, 1.54) is 0 Å². The maximum absolute atomic E-state index is 13.3. The van der Waals surface area contributed by atoms with Gasteiger partial charge in [-0.15, -0.1) is 0 Å². The Hall–Kier alpha value is -1.75. The lowest BCUT2D eigenvalue weighted by Gasteiger charge is -2.33. The summed E-state index contributed by atoms with van der Waals surface area (Å²) in [6, 6.07) is 11.7. The second-order valence-corrected chi connectivity index (χ2v) is 9.44. The summed E-state index contributed by atoms with van der Waals surface area (Å²) in [6.07, 6.45) is 0.520. The molecule has 0 spiro atoms. The van der Waals surface area contributed by atoms with Gasteiger partial charge in [-0.3, -0.25) is 9.59 Å². The third-order valence-electron chi connectivity index (χ3n) is 4.54. The number of carbonyl (C=O) groups is 2. The van der Waals surface area contributed by atoms with Gasteiger partial charge in [0, 0.05) is 27.2 Å². The van der Waals surface area contributed by atoms with Crippen LogP contribution in [0.3, 0.4) is 0 Å². The zero-order chi connectivity index (χ0) is 22.5. The van der Waals surface area contributed by atoms with Crippen LogP contribution in [0.2, 0.25) is 15.1 Å². The van der Waals surface area contributed by atoms with Gasteiger partial charge in [-0.25, -0.2) is 0 Å². The smallest absolute Gasteiger partial charge is 0.243 e. The summed E-state index contributed by atoms with van der Waals surface area (Å²) in [5, 5.41) is 4.44. The molecule has 0 aliphatic rings. The number of hydrogen-bond donors (Lipinski definition) is 1. The van der Waals surface area contributed by atoms with Crippen LogP contribution >= 0.6 is 34.8 Å². The summed E-state index contributed by atoms with van der Waals surface area (Å²) < 4.78 is 0. The van der Waals surface area contributed by atoms with E-state index in [-0.39, 0.29) is 24.8 Å². The number of hydrogen-bond acceptors (Lipinski definition) is 2. The van der Waals surface area contributed by atoms with E-state index in [1.807, 2.05) is 45.9 Å². The van der Waals surface area contributed by atoms with Gasteiger partial charge in [-0.2, -0.15) is 0 Å². The average molecular weight is 470 g/mol. The fraction of sp³-hybridized carbons (Fsp3) is 0.391. The van der Waals surface area contributed by atoms with Crippen molar-refractivity contribution < 1.29 is 9.59 Å². The number of amides is 2. The molecule has 0 radical (unpaired) electrons. The zero-order valence-electron chi connectivity index (χ0n) is 17.6. The second kappa shape index (κ2) is 10.5. The molecule has 0 aromatic heterocycles. The minimum absolute atomic E-state index is 0.0553. The molecule has 0 aliphatic heterocycles. The quantitative estimate of drug-likeness (QED) is 0.548. The Morgan fingerprint density at radius 2 is 1.67 bits per heavy atom. The molecule has 0 saturated heterocycles. The predicted octanol–water partition coefficient (Wildman–Crippen LogP) is 5.91. The fourth-order valence-electron chi connectivity index (χ4n) is 3.11. The van der Waals surface area contributed by atoms with Crippen molar-refractivity contribution in [2.24, 2.45) is 0 Å². The van der Waals surface area contributed by atoms with Gasteiger partial charge in [0.1, 0.15) is 6.04 Å². The standard InChI is InChI=1S/C23H27Cl3N2O2/c1-5-20(22(30)27-23(2,3)4)28(14-16-8-6-7-9-18(16)25)21(29)12-15-10-11-17(24)13-19(15)26/h6-11,13,20H,5,12,14H2,1-4H3,(H,27,30)/t20-/m1/s1. The van der Waals surface area contributed by atoms with Crippen LogP contribution < -0.4 is 5.32 Å². The molecule has 7 heteroatoms. The molecule has 2 aromatic rings. The van der Waals surface area contributed by atoms with Crippen LogP contribution in [0.25, 0.3) is 0 Å². The van der Waals surface area contributed by atoms with Crippen LogP contribution in [0.4, 0.5) is 0 Å².